The number of para-hydroxylation sites is 1. The number of imidazole rings is 5. The molecule has 6 heterocycles. The Labute approximate surface area is 681 Å². The van der Waals surface area contributed by atoms with E-state index in [1.807, 2.05) is 270 Å². The minimum Gasteiger partial charge on any atom is -0.393 e. The molecule has 0 bridgehead atoms. The van der Waals surface area contributed by atoms with Crippen LogP contribution in [0.3, 0.4) is 0 Å². The SMILES string of the molecule is Cn1cc(-c2ccccc2)nc1-c1[c-]cccc1.Cn1ccnc1-c1[c-]ccc(-c2ccccc2)c1.Cn1ccnc1-c1[c-]ccc(CO)c1.Cn1ccnc1-c1[c-]cccc1.[Ir].[Ir].[Pt].[Pt].[Pt].[Pt].[c-]1ccc(-c2ccccc2)cc1-n1cccn1.[c-]1ccccc1-c1nccn1-c1ccccc1. The standard InChI is InChI=1S/2C16H13N2.2C15H11N2.C11H11N2O.C10H9N2.2Ir.4Pt/c1-18-12-15(13-8-4-2-5-9-13)17-16(18)14-10-6-3-7-11-14;1-18-11-10-17-16(18)15-9-5-8-14(12-15)13-6-3-2-4-7-13;1-3-7-13(8-4-1)15-16-11-12-17(15)14-9-5-2-6-10-14;1-2-6-13(7-3-1)14-8-4-9-15(12-14)17-11-5-10-16-17;1-13-6-5-12-11(13)10-4-2-3-9(7-10)8-14;1-12-8-7-11-10(12)9-5-3-2-4-6-9;;;;;;/h2-10,12H,1H3;2-8,10-12H,1H3;1-7,9-12H;1-8,10-12H;2-3,5-7,14H,8H2,1H3;2-5,7-8H,1H3;;;;;;/q6*-1;;;;;;. The van der Waals surface area contributed by atoms with Crippen molar-refractivity contribution < 1.29 is 130 Å². The van der Waals surface area contributed by atoms with E-state index in [1.54, 1.807) is 30.9 Å². The van der Waals surface area contributed by atoms with Gasteiger partial charge in [-0.05, 0) is 35.0 Å². The third kappa shape index (κ3) is 23.5. The molecule has 6 aromatic heterocycles. The van der Waals surface area contributed by atoms with Gasteiger partial charge >= 0.3 is 0 Å². The molecule has 0 saturated carbocycles. The summed E-state index contributed by atoms with van der Waals surface area (Å²) < 4.78 is 11.8. The first kappa shape index (κ1) is 84.1. The third-order valence-corrected chi connectivity index (χ3v) is 15.0. The van der Waals surface area contributed by atoms with Gasteiger partial charge in [0.25, 0.3) is 0 Å². The van der Waals surface area contributed by atoms with Gasteiger partial charge in [0, 0.05) is 232 Å². The maximum absolute atomic E-state index is 8.99. The fourth-order valence-electron chi connectivity index (χ4n) is 10.2. The molecule has 0 atom stereocenters. The van der Waals surface area contributed by atoms with Crippen LogP contribution in [0.25, 0.3) is 102 Å². The molecule has 0 unspecified atom stereocenters. The second-order valence-corrected chi connectivity index (χ2v) is 21.7. The van der Waals surface area contributed by atoms with Gasteiger partial charge in [-0.2, -0.15) is 23.3 Å². The molecular formula is C83H68Ir2N12OPt4-6. The van der Waals surface area contributed by atoms with Crippen molar-refractivity contribution in [1.82, 2.24) is 57.5 Å². The van der Waals surface area contributed by atoms with E-state index in [-0.39, 0.29) is 131 Å². The Morgan fingerprint density at radius 3 is 1.22 bits per heavy atom. The molecular weight excluding hydrogens is 2350 g/mol. The van der Waals surface area contributed by atoms with Crippen molar-refractivity contribution in [3.8, 4) is 102 Å². The van der Waals surface area contributed by atoms with Gasteiger partial charge in [0.1, 0.15) is 0 Å². The summed E-state index contributed by atoms with van der Waals surface area (Å²) in [6.45, 7) is 0.0477. The molecule has 0 amide bonds. The van der Waals surface area contributed by atoms with Crippen molar-refractivity contribution in [1.29, 1.82) is 0 Å². The molecule has 0 aliphatic carbocycles. The zero-order valence-electron chi connectivity index (χ0n) is 55.6. The fraction of sp³-hybridized carbons (Fsp3) is 0.0602. The van der Waals surface area contributed by atoms with Gasteiger partial charge in [-0.1, -0.05) is 109 Å². The van der Waals surface area contributed by atoms with Gasteiger partial charge in [0.05, 0.1) is 41.4 Å². The summed E-state index contributed by atoms with van der Waals surface area (Å²) in [6, 6.07) is 103. The van der Waals surface area contributed by atoms with Crippen LogP contribution in [0.1, 0.15) is 5.56 Å². The van der Waals surface area contributed by atoms with Crippen molar-refractivity contribution in [2.24, 2.45) is 28.2 Å². The van der Waals surface area contributed by atoms with Gasteiger partial charge in [-0.15, -0.1) is 190 Å². The molecule has 1 N–H and O–H groups in total. The van der Waals surface area contributed by atoms with Crippen LogP contribution < -0.4 is 0 Å². The predicted molar refractivity (Wildman–Crippen MR) is 382 cm³/mol. The van der Waals surface area contributed by atoms with E-state index < -0.39 is 0 Å². The first-order valence-electron chi connectivity index (χ1n) is 31.0. The third-order valence-electron chi connectivity index (χ3n) is 15.0. The number of aryl methyl sites for hydroxylation is 4. The minimum absolute atomic E-state index is 0. The number of hydrogen-bond acceptors (Lipinski definition) is 7. The first-order chi connectivity index (χ1) is 47.3. The number of rotatable bonds is 11. The van der Waals surface area contributed by atoms with Crippen molar-refractivity contribution in [2.45, 2.75) is 6.61 Å². The van der Waals surface area contributed by atoms with E-state index in [0.29, 0.717) is 0 Å². The molecule has 530 valence electrons. The molecule has 16 rings (SSSR count). The molecule has 0 saturated heterocycles. The summed E-state index contributed by atoms with van der Waals surface area (Å²) in [7, 11) is 7.91. The van der Waals surface area contributed by atoms with Crippen molar-refractivity contribution in [2.75, 3.05) is 0 Å². The van der Waals surface area contributed by atoms with Crippen LogP contribution in [0.2, 0.25) is 0 Å². The molecule has 0 fully saturated rings. The quantitative estimate of drug-likeness (QED) is 0.128. The molecule has 0 aliphatic rings. The number of hydrogen-bond donors (Lipinski definition) is 1. The molecule has 0 spiro atoms. The van der Waals surface area contributed by atoms with Gasteiger partial charge in [0.15, 0.2) is 0 Å². The monoisotopic (exact) mass is 2410 g/mol. The van der Waals surface area contributed by atoms with Crippen LogP contribution in [0.5, 0.6) is 0 Å². The Kier molecular flexibility index (Phi) is 36.4. The smallest absolute Gasteiger partial charge is 0.0768 e. The summed E-state index contributed by atoms with van der Waals surface area (Å²) >= 11 is 0. The van der Waals surface area contributed by atoms with E-state index in [9.17, 15) is 0 Å². The van der Waals surface area contributed by atoms with E-state index in [0.717, 1.165) is 85.1 Å². The molecule has 16 aromatic rings. The predicted octanol–water partition coefficient (Wildman–Crippen LogP) is 17.0. The topological polar surface area (TPSA) is 127 Å². The second-order valence-electron chi connectivity index (χ2n) is 21.7. The van der Waals surface area contributed by atoms with Gasteiger partial charge in [-0.3, -0.25) is 29.6 Å². The van der Waals surface area contributed by atoms with E-state index in [2.05, 4.69) is 144 Å². The Hall–Kier alpha value is -8.53. The Morgan fingerprint density at radius 2 is 0.745 bits per heavy atom. The largest absolute Gasteiger partial charge is 0.393 e. The molecule has 102 heavy (non-hydrogen) atoms. The van der Waals surface area contributed by atoms with Crippen LogP contribution in [0, 0.1) is 36.4 Å². The Balaban J connectivity index is 0.000000219. The second kappa shape index (κ2) is 44.1. The maximum Gasteiger partial charge on any atom is 0.0768 e. The van der Waals surface area contributed by atoms with E-state index in [1.165, 1.54) is 22.3 Å². The van der Waals surface area contributed by atoms with Gasteiger partial charge in [-0.25, -0.2) is 0 Å². The molecule has 0 aliphatic heterocycles. The van der Waals surface area contributed by atoms with Crippen LogP contribution in [-0.2, 0) is 159 Å². The number of benzene rings is 10. The van der Waals surface area contributed by atoms with Crippen LogP contribution in [0.15, 0.2) is 323 Å². The van der Waals surface area contributed by atoms with Crippen molar-refractivity contribution >= 4 is 0 Å². The molecule has 2 radical (unpaired) electrons. The Bertz CT molecular complexity index is 4870. The van der Waals surface area contributed by atoms with Crippen LogP contribution in [0.4, 0.5) is 0 Å². The van der Waals surface area contributed by atoms with Crippen molar-refractivity contribution in [3.05, 3.63) is 365 Å². The van der Waals surface area contributed by atoms with E-state index >= 15 is 0 Å². The van der Waals surface area contributed by atoms with E-state index in [4.69, 9.17) is 5.11 Å². The minimum atomic E-state index is 0. The number of nitrogens with zero attached hydrogens (tertiary/aromatic N) is 12. The maximum atomic E-state index is 8.99. The average molecular weight is 2410 g/mol. The molecule has 10 aromatic carbocycles. The zero-order chi connectivity index (χ0) is 66.1. The molecule has 13 nitrogen and oxygen atoms in total. The van der Waals surface area contributed by atoms with Gasteiger partial charge < -0.3 is 27.9 Å². The summed E-state index contributed by atoms with van der Waals surface area (Å²) in [6.07, 6.45) is 20.6. The summed E-state index contributed by atoms with van der Waals surface area (Å²) in [5, 5.41) is 13.2. The number of aliphatic hydroxyl groups excluding tert-OH is 1. The zero-order valence-corrected chi connectivity index (χ0v) is 69.4. The van der Waals surface area contributed by atoms with Crippen LogP contribution in [-0.4, -0.2) is 62.6 Å². The summed E-state index contributed by atoms with van der Waals surface area (Å²) in [5.74, 6) is 4.61. The van der Waals surface area contributed by atoms with Gasteiger partial charge in [0.2, 0.25) is 0 Å². The fourth-order valence-corrected chi connectivity index (χ4v) is 10.2. The number of aromatic nitrogens is 12. The van der Waals surface area contributed by atoms with Crippen molar-refractivity contribution in [3.63, 3.8) is 0 Å². The normalized spacial score (nSPS) is 9.77. The first-order valence-corrected chi connectivity index (χ1v) is 31.0. The number of aliphatic hydroxyl groups is 1. The average Bonchev–Trinajstić information content (AvgIpc) is 1.63. The van der Waals surface area contributed by atoms with Crippen LogP contribution >= 0.6 is 0 Å². The summed E-state index contributed by atoms with van der Waals surface area (Å²) in [4.78, 5) is 21.9. The summed E-state index contributed by atoms with van der Waals surface area (Å²) in [5.41, 5.74) is 14.8. The molecule has 19 heteroatoms. The Morgan fingerprint density at radius 1 is 0.333 bits per heavy atom.